The maximum absolute atomic E-state index is 6.04. The Bertz CT molecular complexity index is 358. The maximum Gasteiger partial charge on any atom is 0.123 e. The highest BCUT2D eigenvalue weighted by molar-refractivity contribution is 6.30. The molecule has 1 rings (SSSR count). The summed E-state index contributed by atoms with van der Waals surface area (Å²) in [4.78, 5) is 0. The van der Waals surface area contributed by atoms with Crippen LogP contribution in [0.5, 0.6) is 5.75 Å². The van der Waals surface area contributed by atoms with Crippen LogP contribution in [0.1, 0.15) is 31.4 Å². The summed E-state index contributed by atoms with van der Waals surface area (Å²) >= 11 is 6.04. The molecule has 18 heavy (non-hydrogen) atoms. The van der Waals surface area contributed by atoms with E-state index in [-0.39, 0.29) is 6.04 Å². The zero-order valence-corrected chi connectivity index (χ0v) is 12.1. The normalized spacial score (nSPS) is 12.4. The van der Waals surface area contributed by atoms with Crippen LogP contribution in [0.15, 0.2) is 18.2 Å². The van der Waals surface area contributed by atoms with Gasteiger partial charge in [0.25, 0.3) is 0 Å². The van der Waals surface area contributed by atoms with E-state index in [2.05, 4.69) is 12.2 Å². The van der Waals surface area contributed by atoms with Crippen molar-refractivity contribution in [2.45, 2.75) is 25.8 Å². The van der Waals surface area contributed by atoms with Crippen LogP contribution in [0.4, 0.5) is 0 Å². The lowest BCUT2D eigenvalue weighted by molar-refractivity contribution is 0.125. The second-order valence-corrected chi connectivity index (χ2v) is 4.57. The monoisotopic (exact) mass is 271 g/mol. The zero-order chi connectivity index (χ0) is 13.4. The summed E-state index contributed by atoms with van der Waals surface area (Å²) in [6.07, 6.45) is 1.94. The van der Waals surface area contributed by atoms with E-state index in [0.717, 1.165) is 42.4 Å². The van der Waals surface area contributed by atoms with E-state index in [1.54, 1.807) is 7.11 Å². The molecule has 0 radical (unpaired) electrons. The molecule has 0 aliphatic carbocycles. The minimum atomic E-state index is 0.190. The second kappa shape index (κ2) is 8.35. The predicted octanol–water partition coefficient (Wildman–Crippen LogP) is 3.43. The average Bonchev–Trinajstić information content (AvgIpc) is 2.39. The quantitative estimate of drug-likeness (QED) is 0.735. The third kappa shape index (κ3) is 4.48. The Kier molecular flexibility index (Phi) is 7.09. The number of hydrogen-bond donors (Lipinski definition) is 1. The van der Waals surface area contributed by atoms with E-state index in [1.807, 2.05) is 25.2 Å². The molecule has 0 bridgehead atoms. The Balaban J connectivity index is 2.71. The molecular formula is C14H22ClNO2. The zero-order valence-electron chi connectivity index (χ0n) is 11.3. The van der Waals surface area contributed by atoms with Gasteiger partial charge in [0.05, 0.1) is 7.11 Å². The fourth-order valence-corrected chi connectivity index (χ4v) is 2.06. The highest BCUT2D eigenvalue weighted by Crippen LogP contribution is 2.29. The van der Waals surface area contributed by atoms with Gasteiger partial charge >= 0.3 is 0 Å². The van der Waals surface area contributed by atoms with Crippen molar-refractivity contribution in [2.75, 3.05) is 27.4 Å². The van der Waals surface area contributed by atoms with Crippen LogP contribution in [0.3, 0.4) is 0 Å². The molecule has 1 atom stereocenters. The van der Waals surface area contributed by atoms with Crippen molar-refractivity contribution < 1.29 is 9.47 Å². The topological polar surface area (TPSA) is 30.5 Å². The second-order valence-electron chi connectivity index (χ2n) is 4.13. The molecule has 0 aliphatic rings. The minimum Gasteiger partial charge on any atom is -0.496 e. The Morgan fingerprint density at radius 1 is 1.33 bits per heavy atom. The molecule has 0 fully saturated rings. The van der Waals surface area contributed by atoms with Crippen molar-refractivity contribution in [3.8, 4) is 5.75 Å². The van der Waals surface area contributed by atoms with E-state index in [1.165, 1.54) is 0 Å². The highest BCUT2D eigenvalue weighted by Gasteiger charge is 2.14. The number of halogens is 1. The number of nitrogens with one attached hydrogen (secondary N) is 1. The number of rotatable bonds is 8. The number of ether oxygens (including phenoxy) is 2. The molecule has 0 amide bonds. The predicted molar refractivity (Wildman–Crippen MR) is 75.5 cm³/mol. The summed E-state index contributed by atoms with van der Waals surface area (Å²) in [6, 6.07) is 5.87. The summed E-state index contributed by atoms with van der Waals surface area (Å²) in [5.74, 6) is 0.856. The molecule has 1 N–H and O–H groups in total. The first kappa shape index (κ1) is 15.3. The maximum atomic E-state index is 6.04. The van der Waals surface area contributed by atoms with E-state index in [4.69, 9.17) is 21.1 Å². The van der Waals surface area contributed by atoms with E-state index in [0.29, 0.717) is 0 Å². The molecule has 1 aromatic carbocycles. The number of hydrogen-bond acceptors (Lipinski definition) is 3. The lowest BCUT2D eigenvalue weighted by Gasteiger charge is -2.19. The first-order valence-corrected chi connectivity index (χ1v) is 6.69. The van der Waals surface area contributed by atoms with Gasteiger partial charge in [-0.1, -0.05) is 18.5 Å². The van der Waals surface area contributed by atoms with Gasteiger partial charge in [0.1, 0.15) is 5.75 Å². The van der Waals surface area contributed by atoms with Crippen LogP contribution in [-0.4, -0.2) is 27.4 Å². The van der Waals surface area contributed by atoms with Crippen molar-refractivity contribution >= 4 is 11.6 Å². The van der Waals surface area contributed by atoms with Crippen LogP contribution in [0.25, 0.3) is 0 Å². The number of benzene rings is 1. The molecule has 102 valence electrons. The van der Waals surface area contributed by atoms with Crippen LogP contribution in [0.2, 0.25) is 5.02 Å². The molecule has 0 aliphatic heterocycles. The molecule has 0 spiro atoms. The molecule has 3 nitrogen and oxygen atoms in total. The molecule has 0 saturated heterocycles. The average molecular weight is 272 g/mol. The van der Waals surface area contributed by atoms with Gasteiger partial charge in [-0.2, -0.15) is 0 Å². The Hall–Kier alpha value is -0.770. The van der Waals surface area contributed by atoms with Crippen molar-refractivity contribution in [3.63, 3.8) is 0 Å². The molecule has 1 unspecified atom stereocenters. The van der Waals surface area contributed by atoms with Crippen molar-refractivity contribution in [3.05, 3.63) is 28.8 Å². The smallest absolute Gasteiger partial charge is 0.123 e. The van der Waals surface area contributed by atoms with Crippen molar-refractivity contribution in [1.82, 2.24) is 5.32 Å². The standard InChI is InChI=1S/C14H22ClNO2/c1-4-8-18-9-7-13(16-2)12-10-11(15)5-6-14(12)17-3/h5-6,10,13,16H,4,7-9H2,1-3H3. The van der Waals surface area contributed by atoms with Crippen LogP contribution < -0.4 is 10.1 Å². The Labute approximate surface area is 114 Å². The van der Waals surface area contributed by atoms with Gasteiger partial charge in [-0.25, -0.2) is 0 Å². The molecule has 0 heterocycles. The summed E-state index contributed by atoms with van der Waals surface area (Å²) in [5.41, 5.74) is 1.08. The van der Waals surface area contributed by atoms with Crippen molar-refractivity contribution in [2.24, 2.45) is 0 Å². The van der Waals surface area contributed by atoms with E-state index >= 15 is 0 Å². The van der Waals surface area contributed by atoms with Gasteiger partial charge in [-0.15, -0.1) is 0 Å². The summed E-state index contributed by atoms with van der Waals surface area (Å²) in [7, 11) is 3.61. The summed E-state index contributed by atoms with van der Waals surface area (Å²) in [5, 5.41) is 4.00. The Morgan fingerprint density at radius 2 is 2.11 bits per heavy atom. The van der Waals surface area contributed by atoms with Crippen molar-refractivity contribution in [1.29, 1.82) is 0 Å². The van der Waals surface area contributed by atoms with Gasteiger partial charge in [0, 0.05) is 29.8 Å². The van der Waals surface area contributed by atoms with Gasteiger partial charge in [-0.3, -0.25) is 0 Å². The first-order chi connectivity index (χ1) is 8.72. The van der Waals surface area contributed by atoms with E-state index < -0.39 is 0 Å². The SMILES string of the molecule is CCCOCCC(NC)c1cc(Cl)ccc1OC. The molecule has 0 aromatic heterocycles. The van der Waals surface area contributed by atoms with Gasteiger partial charge < -0.3 is 14.8 Å². The van der Waals surface area contributed by atoms with Crippen LogP contribution in [-0.2, 0) is 4.74 Å². The largest absolute Gasteiger partial charge is 0.496 e. The van der Waals surface area contributed by atoms with Gasteiger partial charge in [0.2, 0.25) is 0 Å². The summed E-state index contributed by atoms with van der Waals surface area (Å²) < 4.78 is 10.9. The van der Waals surface area contributed by atoms with Crippen LogP contribution >= 0.6 is 11.6 Å². The fourth-order valence-electron chi connectivity index (χ4n) is 1.88. The third-order valence-electron chi connectivity index (χ3n) is 2.81. The lowest BCUT2D eigenvalue weighted by atomic mass is 10.0. The Morgan fingerprint density at radius 3 is 2.72 bits per heavy atom. The molecule has 1 aromatic rings. The van der Waals surface area contributed by atoms with Gasteiger partial charge in [0.15, 0.2) is 0 Å². The molecule has 4 heteroatoms. The fraction of sp³-hybridized carbons (Fsp3) is 0.571. The lowest BCUT2D eigenvalue weighted by Crippen LogP contribution is -2.19. The number of methoxy groups -OCH3 is 1. The van der Waals surface area contributed by atoms with Gasteiger partial charge in [-0.05, 0) is 38.1 Å². The highest BCUT2D eigenvalue weighted by atomic mass is 35.5. The first-order valence-electron chi connectivity index (χ1n) is 6.31. The third-order valence-corrected chi connectivity index (χ3v) is 3.05. The minimum absolute atomic E-state index is 0.190. The summed E-state index contributed by atoms with van der Waals surface area (Å²) in [6.45, 7) is 3.65. The molecular weight excluding hydrogens is 250 g/mol. The van der Waals surface area contributed by atoms with Crippen LogP contribution in [0, 0.1) is 0 Å². The van der Waals surface area contributed by atoms with E-state index in [9.17, 15) is 0 Å². The molecule has 0 saturated carbocycles.